The van der Waals surface area contributed by atoms with E-state index in [9.17, 15) is 4.79 Å². The van der Waals surface area contributed by atoms with Crippen molar-refractivity contribution in [1.29, 1.82) is 0 Å². The van der Waals surface area contributed by atoms with E-state index in [-0.39, 0.29) is 5.91 Å². The average molecular weight is 314 g/mol. The average Bonchev–Trinajstić information content (AvgIpc) is 3.25. The number of hydrogen-bond donors (Lipinski definition) is 3. The topological polar surface area (TPSA) is 79.0 Å². The highest BCUT2D eigenvalue weighted by molar-refractivity contribution is 5.95. The van der Waals surface area contributed by atoms with Gasteiger partial charge >= 0.3 is 0 Å². The van der Waals surface area contributed by atoms with E-state index in [4.69, 9.17) is 4.74 Å². The van der Waals surface area contributed by atoms with Gasteiger partial charge in [0.2, 0.25) is 0 Å². The largest absolute Gasteiger partial charge is 0.378 e. The predicted octanol–water partition coefficient (Wildman–Crippen LogP) is 1.56. The third kappa shape index (κ3) is 3.78. The molecule has 0 bridgehead atoms. The van der Waals surface area contributed by atoms with E-state index in [1.807, 2.05) is 24.3 Å². The zero-order chi connectivity index (χ0) is 16.1. The first-order valence-corrected chi connectivity index (χ1v) is 7.88. The lowest BCUT2D eigenvalue weighted by atomic mass is 9.93. The van der Waals surface area contributed by atoms with Gasteiger partial charge in [0.1, 0.15) is 0 Å². The van der Waals surface area contributed by atoms with Gasteiger partial charge in [-0.25, -0.2) is 0 Å². The molecule has 1 fully saturated rings. The first-order chi connectivity index (χ1) is 11.3. The number of nitrogens with zero attached hydrogens (tertiary/aromatic N) is 1. The first kappa shape index (κ1) is 15.7. The standard InChI is InChI=1S/C17H22N4O2/c1-23-11-14-8-13(20-21-14)10-19-17(22)16-5-3-2-4-15(16)12-6-7-18-9-12/h2-5,8,12,18H,6-7,9-11H2,1H3,(H,19,22)(H,20,21)/t12-/m0/s1. The Labute approximate surface area is 135 Å². The predicted molar refractivity (Wildman–Crippen MR) is 87.1 cm³/mol. The Morgan fingerprint density at radius 2 is 2.30 bits per heavy atom. The summed E-state index contributed by atoms with van der Waals surface area (Å²) in [5, 5.41) is 13.4. The molecule has 0 unspecified atom stereocenters. The summed E-state index contributed by atoms with van der Waals surface area (Å²) in [6.07, 6.45) is 1.07. The minimum atomic E-state index is -0.0459. The van der Waals surface area contributed by atoms with Gasteiger partial charge < -0.3 is 15.4 Å². The second kappa shape index (κ2) is 7.39. The molecule has 1 aliphatic heterocycles. The fourth-order valence-electron chi connectivity index (χ4n) is 2.97. The summed E-state index contributed by atoms with van der Waals surface area (Å²) in [5.74, 6) is 0.368. The minimum absolute atomic E-state index is 0.0459. The fraction of sp³-hybridized carbons (Fsp3) is 0.412. The quantitative estimate of drug-likeness (QED) is 0.756. The van der Waals surface area contributed by atoms with Gasteiger partial charge in [-0.2, -0.15) is 5.10 Å². The van der Waals surface area contributed by atoms with Crippen molar-refractivity contribution >= 4 is 5.91 Å². The summed E-state index contributed by atoms with van der Waals surface area (Å²) in [5.41, 5.74) is 3.58. The van der Waals surface area contributed by atoms with Crippen LogP contribution in [0.1, 0.15) is 39.6 Å². The van der Waals surface area contributed by atoms with Gasteiger partial charge in [-0.3, -0.25) is 9.89 Å². The Hall–Kier alpha value is -2.18. The number of carbonyl (C=O) groups excluding carboxylic acids is 1. The molecule has 6 nitrogen and oxygen atoms in total. The number of aromatic amines is 1. The van der Waals surface area contributed by atoms with E-state index < -0.39 is 0 Å². The highest BCUT2D eigenvalue weighted by Crippen LogP contribution is 2.25. The van der Waals surface area contributed by atoms with Crippen LogP contribution in [0.25, 0.3) is 0 Å². The molecule has 3 rings (SSSR count). The molecular formula is C17H22N4O2. The molecule has 0 radical (unpaired) electrons. The van der Waals surface area contributed by atoms with Crippen LogP contribution in [0.5, 0.6) is 0 Å². The van der Waals surface area contributed by atoms with Gasteiger partial charge in [0, 0.05) is 19.2 Å². The molecular weight excluding hydrogens is 292 g/mol. The molecule has 6 heteroatoms. The molecule has 2 heterocycles. The molecule has 0 spiro atoms. The number of hydrogen-bond acceptors (Lipinski definition) is 4. The van der Waals surface area contributed by atoms with Crippen LogP contribution in [0.15, 0.2) is 30.3 Å². The second-order valence-electron chi connectivity index (χ2n) is 5.78. The van der Waals surface area contributed by atoms with Crippen molar-refractivity contribution in [3.8, 4) is 0 Å². The Balaban J connectivity index is 1.65. The highest BCUT2D eigenvalue weighted by atomic mass is 16.5. The number of amides is 1. The van der Waals surface area contributed by atoms with E-state index in [0.29, 0.717) is 19.1 Å². The van der Waals surface area contributed by atoms with Crippen molar-refractivity contribution < 1.29 is 9.53 Å². The van der Waals surface area contributed by atoms with Gasteiger partial charge in [-0.15, -0.1) is 0 Å². The van der Waals surface area contributed by atoms with Crippen molar-refractivity contribution in [1.82, 2.24) is 20.8 Å². The first-order valence-electron chi connectivity index (χ1n) is 7.88. The summed E-state index contributed by atoms with van der Waals surface area (Å²) >= 11 is 0. The van der Waals surface area contributed by atoms with Gasteiger partial charge in [0.05, 0.1) is 24.5 Å². The van der Waals surface area contributed by atoms with Crippen LogP contribution in [0.4, 0.5) is 0 Å². The maximum absolute atomic E-state index is 12.5. The lowest BCUT2D eigenvalue weighted by molar-refractivity contribution is 0.0949. The van der Waals surface area contributed by atoms with Crippen LogP contribution in [0.3, 0.4) is 0 Å². The number of ether oxygens (including phenoxy) is 1. The molecule has 1 amide bonds. The molecule has 3 N–H and O–H groups in total. The third-order valence-corrected chi connectivity index (χ3v) is 4.12. The maximum Gasteiger partial charge on any atom is 0.251 e. The number of benzene rings is 1. The number of H-pyrrole nitrogens is 1. The van der Waals surface area contributed by atoms with E-state index in [2.05, 4.69) is 26.9 Å². The number of rotatable bonds is 6. The van der Waals surface area contributed by atoms with Gasteiger partial charge in [0.15, 0.2) is 0 Å². The number of methoxy groups -OCH3 is 1. The summed E-state index contributed by atoms with van der Waals surface area (Å²) in [6, 6.07) is 9.76. The van der Waals surface area contributed by atoms with Crippen LogP contribution < -0.4 is 10.6 Å². The summed E-state index contributed by atoms with van der Waals surface area (Å²) in [6.45, 7) is 2.83. The summed E-state index contributed by atoms with van der Waals surface area (Å²) in [7, 11) is 1.63. The molecule has 0 aliphatic carbocycles. The lowest BCUT2D eigenvalue weighted by Crippen LogP contribution is -2.25. The van der Waals surface area contributed by atoms with Crippen LogP contribution in [0, 0.1) is 0 Å². The van der Waals surface area contributed by atoms with E-state index >= 15 is 0 Å². The van der Waals surface area contributed by atoms with Crippen LogP contribution in [-0.2, 0) is 17.9 Å². The summed E-state index contributed by atoms with van der Waals surface area (Å²) < 4.78 is 5.03. The number of nitrogens with one attached hydrogen (secondary N) is 3. The van der Waals surface area contributed by atoms with Crippen molar-refractivity contribution in [2.45, 2.75) is 25.5 Å². The second-order valence-corrected chi connectivity index (χ2v) is 5.78. The highest BCUT2D eigenvalue weighted by Gasteiger charge is 2.21. The maximum atomic E-state index is 12.5. The minimum Gasteiger partial charge on any atom is -0.378 e. The van der Waals surface area contributed by atoms with E-state index in [0.717, 1.165) is 42.0 Å². The Morgan fingerprint density at radius 3 is 3.09 bits per heavy atom. The fourth-order valence-corrected chi connectivity index (χ4v) is 2.97. The third-order valence-electron chi connectivity index (χ3n) is 4.12. The Kier molecular flexibility index (Phi) is 5.05. The molecule has 2 aromatic rings. The van der Waals surface area contributed by atoms with Gasteiger partial charge in [0.25, 0.3) is 5.91 Å². The number of aromatic nitrogens is 2. The van der Waals surface area contributed by atoms with E-state index in [1.54, 1.807) is 7.11 Å². The monoisotopic (exact) mass is 314 g/mol. The molecule has 1 saturated heterocycles. The van der Waals surface area contributed by atoms with E-state index in [1.165, 1.54) is 0 Å². The van der Waals surface area contributed by atoms with Crippen molar-refractivity contribution in [3.05, 3.63) is 52.8 Å². The smallest absolute Gasteiger partial charge is 0.251 e. The normalized spacial score (nSPS) is 17.3. The lowest BCUT2D eigenvalue weighted by Gasteiger charge is -2.14. The zero-order valence-corrected chi connectivity index (χ0v) is 13.3. The molecule has 0 saturated carbocycles. The molecule has 122 valence electrons. The van der Waals surface area contributed by atoms with Crippen molar-refractivity contribution in [3.63, 3.8) is 0 Å². The van der Waals surface area contributed by atoms with Crippen LogP contribution in [-0.4, -0.2) is 36.3 Å². The Bertz CT molecular complexity index is 662. The SMILES string of the molecule is COCc1cc(CNC(=O)c2ccccc2[C@H]2CCNC2)[nH]n1. The molecule has 1 aromatic heterocycles. The Morgan fingerprint density at radius 1 is 1.43 bits per heavy atom. The molecule has 1 atom stereocenters. The van der Waals surface area contributed by atoms with Gasteiger partial charge in [-0.1, -0.05) is 18.2 Å². The zero-order valence-electron chi connectivity index (χ0n) is 13.3. The van der Waals surface area contributed by atoms with Crippen molar-refractivity contribution in [2.24, 2.45) is 0 Å². The molecule has 1 aromatic carbocycles. The van der Waals surface area contributed by atoms with Crippen LogP contribution in [0.2, 0.25) is 0 Å². The van der Waals surface area contributed by atoms with Gasteiger partial charge in [-0.05, 0) is 36.6 Å². The number of carbonyl (C=O) groups is 1. The molecule has 1 aliphatic rings. The van der Waals surface area contributed by atoms with Crippen molar-refractivity contribution in [2.75, 3.05) is 20.2 Å². The molecule has 23 heavy (non-hydrogen) atoms. The summed E-state index contributed by atoms with van der Waals surface area (Å²) in [4.78, 5) is 12.5. The van der Waals surface area contributed by atoms with Crippen LogP contribution >= 0.6 is 0 Å².